The van der Waals surface area contributed by atoms with Crippen LogP contribution in [0.2, 0.25) is 0 Å². The Kier molecular flexibility index (Phi) is 1.28. The van der Waals surface area contributed by atoms with Gasteiger partial charge in [-0.2, -0.15) is 0 Å². The topological polar surface area (TPSA) is 38.7 Å². The molecule has 0 saturated carbocycles. The van der Waals surface area contributed by atoms with Crippen LogP contribution in [0.25, 0.3) is 11.0 Å². The highest BCUT2D eigenvalue weighted by atomic mass is 14.8. The smallest absolute Gasteiger partial charge is 0.107 e. The molecule has 0 spiro atoms. The van der Waals surface area contributed by atoms with Gasteiger partial charge in [0.2, 0.25) is 0 Å². The lowest BCUT2D eigenvalue weighted by molar-refractivity contribution is 1.17. The Hall–Kier alpha value is -1.51. The van der Waals surface area contributed by atoms with E-state index in [2.05, 4.69) is 15.0 Å². The molecular weight excluding hydrogens is 138 g/mol. The summed E-state index contributed by atoms with van der Waals surface area (Å²) in [5, 5.41) is 0. The average molecular weight is 145 g/mol. The molecule has 0 aliphatic carbocycles. The summed E-state index contributed by atoms with van der Waals surface area (Å²) < 4.78 is 0. The maximum atomic E-state index is 4.25. The molecule has 0 radical (unpaired) electrons. The molecule has 0 unspecified atom stereocenters. The van der Waals surface area contributed by atoms with Gasteiger partial charge in [0, 0.05) is 12.4 Å². The number of pyridine rings is 1. The zero-order chi connectivity index (χ0) is 7.68. The molecule has 0 aliphatic rings. The van der Waals surface area contributed by atoms with E-state index >= 15 is 0 Å². The highest BCUT2D eigenvalue weighted by Crippen LogP contribution is 2.05. The second kappa shape index (κ2) is 2.27. The summed E-state index contributed by atoms with van der Waals surface area (Å²) >= 11 is 0. The Balaban J connectivity index is 2.83. The maximum Gasteiger partial charge on any atom is 0.107 e. The lowest BCUT2D eigenvalue weighted by Gasteiger charge is -1.94. The number of rotatable bonds is 0. The van der Waals surface area contributed by atoms with E-state index in [0.717, 1.165) is 16.7 Å². The number of fused-ring (bicyclic) bond motifs is 1. The summed E-state index contributed by atoms with van der Waals surface area (Å²) in [4.78, 5) is 12.4. The van der Waals surface area contributed by atoms with E-state index in [9.17, 15) is 0 Å². The number of nitrogens with zero attached hydrogens (tertiary/aromatic N) is 3. The molecule has 3 nitrogen and oxygen atoms in total. The van der Waals surface area contributed by atoms with Crippen molar-refractivity contribution in [3.63, 3.8) is 0 Å². The number of aryl methyl sites for hydroxylation is 1. The van der Waals surface area contributed by atoms with Crippen LogP contribution in [0, 0.1) is 6.92 Å². The monoisotopic (exact) mass is 145 g/mol. The van der Waals surface area contributed by atoms with Gasteiger partial charge < -0.3 is 0 Å². The van der Waals surface area contributed by atoms with Crippen molar-refractivity contribution in [2.75, 3.05) is 0 Å². The second-order valence-electron chi connectivity index (χ2n) is 2.38. The van der Waals surface area contributed by atoms with Gasteiger partial charge in [-0.3, -0.25) is 9.97 Å². The molecule has 0 aliphatic heterocycles. The van der Waals surface area contributed by atoms with Gasteiger partial charge in [-0.25, -0.2) is 4.98 Å². The SMILES string of the molecule is Cc1cnc2ccncc2n1. The number of hydrogen-bond acceptors (Lipinski definition) is 3. The predicted molar refractivity (Wildman–Crippen MR) is 42.1 cm³/mol. The van der Waals surface area contributed by atoms with Crippen molar-refractivity contribution in [1.29, 1.82) is 0 Å². The number of aromatic nitrogens is 3. The van der Waals surface area contributed by atoms with Crippen LogP contribution in [0.5, 0.6) is 0 Å². The van der Waals surface area contributed by atoms with Gasteiger partial charge in [-0.1, -0.05) is 0 Å². The van der Waals surface area contributed by atoms with E-state index < -0.39 is 0 Å². The summed E-state index contributed by atoms with van der Waals surface area (Å²) in [6, 6.07) is 1.85. The molecule has 0 fully saturated rings. The molecule has 0 aromatic carbocycles. The molecule has 54 valence electrons. The van der Waals surface area contributed by atoms with Crippen LogP contribution in [0.3, 0.4) is 0 Å². The predicted octanol–water partition coefficient (Wildman–Crippen LogP) is 1.33. The molecule has 11 heavy (non-hydrogen) atoms. The van der Waals surface area contributed by atoms with Crippen LogP contribution in [-0.2, 0) is 0 Å². The van der Waals surface area contributed by atoms with Crippen LogP contribution in [-0.4, -0.2) is 15.0 Å². The quantitative estimate of drug-likeness (QED) is 0.561. The summed E-state index contributed by atoms with van der Waals surface area (Å²) in [6.07, 6.45) is 5.18. The van der Waals surface area contributed by atoms with Crippen LogP contribution in [0.4, 0.5) is 0 Å². The largest absolute Gasteiger partial charge is 0.262 e. The summed E-state index contributed by atoms with van der Waals surface area (Å²) in [5.41, 5.74) is 2.67. The van der Waals surface area contributed by atoms with Crippen molar-refractivity contribution < 1.29 is 0 Å². The molecule has 3 heteroatoms. The highest BCUT2D eigenvalue weighted by molar-refractivity contribution is 5.72. The van der Waals surface area contributed by atoms with Gasteiger partial charge >= 0.3 is 0 Å². The van der Waals surface area contributed by atoms with E-state index in [1.165, 1.54) is 0 Å². The fourth-order valence-corrected chi connectivity index (χ4v) is 0.956. The van der Waals surface area contributed by atoms with Crippen LogP contribution >= 0.6 is 0 Å². The molecule has 2 rings (SSSR count). The minimum Gasteiger partial charge on any atom is -0.262 e. The first-order valence-electron chi connectivity index (χ1n) is 3.39. The van der Waals surface area contributed by atoms with Crippen molar-refractivity contribution in [2.24, 2.45) is 0 Å². The van der Waals surface area contributed by atoms with E-state index in [-0.39, 0.29) is 0 Å². The first-order valence-corrected chi connectivity index (χ1v) is 3.39. The number of hydrogen-bond donors (Lipinski definition) is 0. The Morgan fingerprint density at radius 3 is 3.00 bits per heavy atom. The van der Waals surface area contributed by atoms with Crippen LogP contribution < -0.4 is 0 Å². The minimum absolute atomic E-state index is 0.854. The maximum absolute atomic E-state index is 4.25. The van der Waals surface area contributed by atoms with Gasteiger partial charge in [-0.15, -0.1) is 0 Å². The molecule has 0 amide bonds. The Labute approximate surface area is 64.1 Å². The molecule has 0 saturated heterocycles. The molecular formula is C8H7N3. The molecule has 2 heterocycles. The van der Waals surface area contributed by atoms with E-state index in [1.54, 1.807) is 18.6 Å². The second-order valence-corrected chi connectivity index (χ2v) is 2.38. The third-order valence-corrected chi connectivity index (χ3v) is 1.46. The molecule has 2 aromatic heterocycles. The first kappa shape index (κ1) is 6.22. The Morgan fingerprint density at radius 2 is 2.09 bits per heavy atom. The molecule has 0 atom stereocenters. The minimum atomic E-state index is 0.854. The van der Waals surface area contributed by atoms with Crippen molar-refractivity contribution >= 4 is 11.0 Å². The summed E-state index contributed by atoms with van der Waals surface area (Å²) in [6.45, 7) is 1.92. The summed E-state index contributed by atoms with van der Waals surface area (Å²) in [5.74, 6) is 0. The standard InChI is InChI=1S/C8H7N3/c1-6-4-10-7-2-3-9-5-8(7)11-6/h2-5H,1H3. The zero-order valence-electron chi connectivity index (χ0n) is 6.15. The van der Waals surface area contributed by atoms with Crippen molar-refractivity contribution in [3.05, 3.63) is 30.4 Å². The van der Waals surface area contributed by atoms with E-state index in [1.807, 2.05) is 13.0 Å². The molecule has 0 N–H and O–H groups in total. The fraction of sp³-hybridized carbons (Fsp3) is 0.125. The van der Waals surface area contributed by atoms with E-state index in [4.69, 9.17) is 0 Å². The normalized spacial score (nSPS) is 10.3. The Bertz CT molecular complexity index is 384. The van der Waals surface area contributed by atoms with Gasteiger partial charge in [0.05, 0.1) is 17.4 Å². The van der Waals surface area contributed by atoms with Crippen molar-refractivity contribution in [3.8, 4) is 0 Å². The van der Waals surface area contributed by atoms with Gasteiger partial charge in [0.25, 0.3) is 0 Å². The molecule has 0 bridgehead atoms. The average Bonchev–Trinajstić information content (AvgIpc) is 2.04. The lowest BCUT2D eigenvalue weighted by atomic mass is 10.4. The van der Waals surface area contributed by atoms with Crippen LogP contribution in [0.1, 0.15) is 5.69 Å². The Morgan fingerprint density at radius 1 is 1.18 bits per heavy atom. The van der Waals surface area contributed by atoms with Crippen molar-refractivity contribution in [2.45, 2.75) is 6.92 Å². The molecule has 2 aromatic rings. The van der Waals surface area contributed by atoms with Crippen LogP contribution in [0.15, 0.2) is 24.7 Å². The lowest BCUT2D eigenvalue weighted by Crippen LogP contribution is -1.86. The summed E-state index contributed by atoms with van der Waals surface area (Å²) in [7, 11) is 0. The zero-order valence-corrected chi connectivity index (χ0v) is 6.15. The first-order chi connectivity index (χ1) is 5.36. The highest BCUT2D eigenvalue weighted by Gasteiger charge is 1.93. The fourth-order valence-electron chi connectivity index (χ4n) is 0.956. The van der Waals surface area contributed by atoms with Gasteiger partial charge in [0.15, 0.2) is 0 Å². The van der Waals surface area contributed by atoms with Crippen molar-refractivity contribution in [1.82, 2.24) is 15.0 Å². The van der Waals surface area contributed by atoms with E-state index in [0.29, 0.717) is 0 Å². The van der Waals surface area contributed by atoms with Gasteiger partial charge in [0.1, 0.15) is 5.52 Å². The third kappa shape index (κ3) is 1.05. The third-order valence-electron chi connectivity index (χ3n) is 1.46. The van der Waals surface area contributed by atoms with Gasteiger partial charge in [-0.05, 0) is 13.0 Å².